The summed E-state index contributed by atoms with van der Waals surface area (Å²) in [4.78, 5) is 4.51. The van der Waals surface area contributed by atoms with Crippen molar-refractivity contribution < 1.29 is 8.42 Å². The van der Waals surface area contributed by atoms with Gasteiger partial charge in [-0.15, -0.1) is 0 Å². The van der Waals surface area contributed by atoms with Gasteiger partial charge in [0.2, 0.25) is 10.0 Å². The van der Waals surface area contributed by atoms with Crippen molar-refractivity contribution in [2.75, 3.05) is 37.8 Å². The molecule has 0 aromatic heterocycles. The smallest absolute Gasteiger partial charge is 0.238 e. The van der Waals surface area contributed by atoms with Gasteiger partial charge in [0.15, 0.2) is 0 Å². The van der Waals surface area contributed by atoms with Crippen LogP contribution in [0.5, 0.6) is 0 Å². The zero-order valence-electron chi connectivity index (χ0n) is 12.8. The van der Waals surface area contributed by atoms with E-state index in [1.165, 1.54) is 6.07 Å². The highest BCUT2D eigenvalue weighted by Crippen LogP contribution is 2.31. The number of rotatable bonds is 3. The number of benzene rings is 1. The van der Waals surface area contributed by atoms with E-state index in [1.54, 1.807) is 6.92 Å². The summed E-state index contributed by atoms with van der Waals surface area (Å²) in [6.45, 7) is 3.83. The molecule has 1 fully saturated rings. The van der Waals surface area contributed by atoms with Crippen LogP contribution in [0.4, 0.5) is 11.4 Å². The number of nitrogen functional groups attached to an aromatic ring is 1. The van der Waals surface area contributed by atoms with Gasteiger partial charge in [0.1, 0.15) is 0 Å². The van der Waals surface area contributed by atoms with Gasteiger partial charge in [-0.25, -0.2) is 13.6 Å². The molecule has 0 saturated carbocycles. The Kier molecular flexibility index (Phi) is 4.46. The molecule has 0 aliphatic carbocycles. The highest BCUT2D eigenvalue weighted by atomic mass is 32.2. The third kappa shape index (κ3) is 3.48. The zero-order valence-corrected chi connectivity index (χ0v) is 13.7. The minimum absolute atomic E-state index is 0.105. The highest BCUT2D eigenvalue weighted by Gasteiger charge is 2.24. The molecule has 0 radical (unpaired) electrons. The van der Waals surface area contributed by atoms with Crippen molar-refractivity contribution >= 4 is 21.4 Å². The molecule has 1 aromatic rings. The Balaban J connectivity index is 2.41. The van der Waals surface area contributed by atoms with Gasteiger partial charge in [0, 0.05) is 31.0 Å². The fraction of sp³-hybridized carbons (Fsp3) is 0.571. The Hall–Kier alpha value is -1.31. The predicted octanol–water partition coefficient (Wildman–Crippen LogP) is 0.755. The highest BCUT2D eigenvalue weighted by molar-refractivity contribution is 7.89. The summed E-state index contributed by atoms with van der Waals surface area (Å²) in [5, 5.41) is 5.29. The van der Waals surface area contributed by atoms with E-state index in [0.717, 1.165) is 31.6 Å². The van der Waals surface area contributed by atoms with Crippen LogP contribution in [-0.4, -0.2) is 46.5 Å². The summed E-state index contributed by atoms with van der Waals surface area (Å²) in [5.41, 5.74) is 7.76. The molecule has 1 atom stereocenters. The number of anilines is 2. The topological polar surface area (TPSA) is 92.7 Å². The van der Waals surface area contributed by atoms with E-state index in [4.69, 9.17) is 10.9 Å². The van der Waals surface area contributed by atoms with Gasteiger partial charge in [-0.1, -0.05) is 0 Å². The number of nitrogens with zero attached hydrogens (tertiary/aromatic N) is 2. The number of hydrogen-bond acceptors (Lipinski definition) is 5. The standard InChI is InChI=1S/C14H24N4O2S/c1-10-13(7-11(15)8-14(10)21(16,19)20)18(3)12-5-4-6-17(2)9-12/h7-8,12H,4-6,9,15H2,1-3H3,(H2,16,19,20). The summed E-state index contributed by atoms with van der Waals surface area (Å²) in [7, 11) is 0.313. The molecule has 0 spiro atoms. The first kappa shape index (κ1) is 16.1. The average Bonchev–Trinajstić information content (AvgIpc) is 2.39. The van der Waals surface area contributed by atoms with Gasteiger partial charge < -0.3 is 15.5 Å². The van der Waals surface area contributed by atoms with Crippen LogP contribution in [0.2, 0.25) is 0 Å². The van der Waals surface area contributed by atoms with Crippen LogP contribution in [0.3, 0.4) is 0 Å². The van der Waals surface area contributed by atoms with E-state index in [0.29, 0.717) is 17.3 Å². The summed E-state index contributed by atoms with van der Waals surface area (Å²) in [5.74, 6) is 0. The third-order valence-corrected chi connectivity index (χ3v) is 5.23. The van der Waals surface area contributed by atoms with Crippen molar-refractivity contribution in [1.82, 2.24) is 4.90 Å². The van der Waals surface area contributed by atoms with Crippen LogP contribution in [0.1, 0.15) is 18.4 Å². The number of primary sulfonamides is 1. The van der Waals surface area contributed by atoms with Gasteiger partial charge in [0.05, 0.1) is 4.90 Å². The van der Waals surface area contributed by atoms with Crippen molar-refractivity contribution in [3.63, 3.8) is 0 Å². The largest absolute Gasteiger partial charge is 0.399 e. The monoisotopic (exact) mass is 312 g/mol. The molecule has 4 N–H and O–H groups in total. The van der Waals surface area contributed by atoms with Crippen molar-refractivity contribution in [2.45, 2.75) is 30.7 Å². The molecular formula is C14H24N4O2S. The lowest BCUT2D eigenvalue weighted by Gasteiger charge is -2.38. The summed E-state index contributed by atoms with van der Waals surface area (Å²) in [6, 6.07) is 3.59. The van der Waals surface area contributed by atoms with E-state index < -0.39 is 10.0 Å². The molecule has 7 heteroatoms. The molecule has 21 heavy (non-hydrogen) atoms. The molecule has 1 unspecified atom stereocenters. The number of sulfonamides is 1. The maximum atomic E-state index is 11.7. The third-order valence-electron chi connectivity index (χ3n) is 4.19. The van der Waals surface area contributed by atoms with Crippen LogP contribution in [0, 0.1) is 6.92 Å². The molecule has 1 aliphatic heterocycles. The molecule has 118 valence electrons. The van der Waals surface area contributed by atoms with E-state index in [-0.39, 0.29) is 4.90 Å². The summed E-state index contributed by atoms with van der Waals surface area (Å²) in [6.07, 6.45) is 2.22. The van der Waals surface area contributed by atoms with Gasteiger partial charge >= 0.3 is 0 Å². The van der Waals surface area contributed by atoms with Crippen LogP contribution in [-0.2, 0) is 10.0 Å². The lowest BCUT2D eigenvalue weighted by molar-refractivity contribution is 0.248. The Morgan fingerprint density at radius 3 is 2.62 bits per heavy atom. The van der Waals surface area contributed by atoms with E-state index in [2.05, 4.69) is 16.8 Å². The normalized spacial score (nSPS) is 20.5. The number of likely N-dealkylation sites (tertiary alicyclic amines) is 1. The first-order chi connectivity index (χ1) is 9.70. The number of nitrogens with two attached hydrogens (primary N) is 2. The molecule has 0 bridgehead atoms. The van der Waals surface area contributed by atoms with Crippen molar-refractivity contribution in [2.24, 2.45) is 5.14 Å². The first-order valence-corrected chi connectivity index (χ1v) is 8.59. The molecule has 1 heterocycles. The van der Waals surface area contributed by atoms with Gasteiger partial charge in [0.25, 0.3) is 0 Å². The molecule has 1 saturated heterocycles. The molecule has 1 aliphatic rings. The van der Waals surface area contributed by atoms with Gasteiger partial charge in [-0.2, -0.15) is 0 Å². The van der Waals surface area contributed by atoms with Crippen molar-refractivity contribution in [3.05, 3.63) is 17.7 Å². The second-order valence-electron chi connectivity index (χ2n) is 5.88. The molecule has 1 aromatic carbocycles. The number of likely N-dealkylation sites (N-methyl/N-ethyl adjacent to an activating group) is 2. The first-order valence-electron chi connectivity index (χ1n) is 7.04. The molecule has 2 rings (SSSR count). The number of hydrogen-bond donors (Lipinski definition) is 2. The van der Waals surface area contributed by atoms with Gasteiger partial charge in [-0.05, 0) is 51.1 Å². The minimum Gasteiger partial charge on any atom is -0.399 e. The lowest BCUT2D eigenvalue weighted by atomic mass is 10.0. The fourth-order valence-corrected chi connectivity index (χ4v) is 3.84. The SMILES string of the molecule is Cc1c(N(C)C2CCCN(C)C2)cc(N)cc1S(N)(=O)=O. The Morgan fingerprint density at radius 2 is 2.05 bits per heavy atom. The van der Waals surface area contributed by atoms with E-state index in [1.807, 2.05) is 13.1 Å². The van der Waals surface area contributed by atoms with Crippen LogP contribution in [0.15, 0.2) is 17.0 Å². The quantitative estimate of drug-likeness (QED) is 0.804. The number of piperidine rings is 1. The van der Waals surface area contributed by atoms with Crippen LogP contribution < -0.4 is 15.8 Å². The lowest BCUT2D eigenvalue weighted by Crippen LogP contribution is -2.45. The van der Waals surface area contributed by atoms with E-state index in [9.17, 15) is 8.42 Å². The molecular weight excluding hydrogens is 288 g/mol. The Labute approximate surface area is 126 Å². The maximum Gasteiger partial charge on any atom is 0.238 e. The second kappa shape index (κ2) is 5.82. The Morgan fingerprint density at radius 1 is 1.38 bits per heavy atom. The molecule has 6 nitrogen and oxygen atoms in total. The second-order valence-corrected chi connectivity index (χ2v) is 7.41. The Bertz CT molecular complexity index is 630. The van der Waals surface area contributed by atoms with Gasteiger partial charge in [-0.3, -0.25) is 0 Å². The maximum absolute atomic E-state index is 11.7. The fourth-order valence-electron chi connectivity index (χ4n) is 3.01. The van der Waals surface area contributed by atoms with Crippen molar-refractivity contribution in [3.8, 4) is 0 Å². The summed E-state index contributed by atoms with van der Waals surface area (Å²) < 4.78 is 23.4. The summed E-state index contributed by atoms with van der Waals surface area (Å²) >= 11 is 0. The van der Waals surface area contributed by atoms with Crippen LogP contribution in [0.25, 0.3) is 0 Å². The average molecular weight is 312 g/mol. The van der Waals surface area contributed by atoms with Crippen LogP contribution >= 0.6 is 0 Å². The molecule has 0 amide bonds. The predicted molar refractivity (Wildman–Crippen MR) is 85.9 cm³/mol. The van der Waals surface area contributed by atoms with Crippen molar-refractivity contribution in [1.29, 1.82) is 0 Å². The zero-order chi connectivity index (χ0) is 15.8. The van der Waals surface area contributed by atoms with E-state index >= 15 is 0 Å². The minimum atomic E-state index is -3.77.